The second kappa shape index (κ2) is 25.2. The van der Waals surface area contributed by atoms with Gasteiger partial charge in [0.1, 0.15) is 0 Å². The van der Waals surface area contributed by atoms with E-state index in [1.54, 1.807) is 0 Å². The van der Waals surface area contributed by atoms with Crippen molar-refractivity contribution >= 4 is 35.0 Å². The molecule has 0 aromatic heterocycles. The van der Waals surface area contributed by atoms with Crippen molar-refractivity contribution in [2.75, 3.05) is 0 Å². The number of hydrogen-bond acceptors (Lipinski definition) is 4. The second-order valence-corrected chi connectivity index (χ2v) is 6.77. The van der Waals surface area contributed by atoms with Gasteiger partial charge in [0.15, 0.2) is 0 Å². The summed E-state index contributed by atoms with van der Waals surface area (Å²) in [5, 5.41) is 19.7. The molecule has 0 aromatic carbocycles. The third kappa shape index (κ3) is 33.2. The van der Waals surface area contributed by atoms with Crippen molar-refractivity contribution in [1.82, 2.24) is 0 Å². The number of aliphatic carboxylic acids is 2. The molecule has 0 spiro atoms. The van der Waals surface area contributed by atoms with Gasteiger partial charge in [-0.3, -0.25) is 0 Å². The van der Waals surface area contributed by atoms with E-state index in [1.165, 1.54) is 71.1 Å². The normalized spacial score (nSPS) is 10.0. The van der Waals surface area contributed by atoms with E-state index < -0.39 is 11.9 Å². The van der Waals surface area contributed by atoms with Crippen LogP contribution in [0.1, 0.15) is 104 Å². The molecule has 0 rings (SSSR count). The Hall–Kier alpha value is -0.814. The van der Waals surface area contributed by atoms with Crippen molar-refractivity contribution in [3.63, 3.8) is 0 Å². The number of carboxylic acid groups (broad SMARTS) is 2. The Kier molecular flexibility index (Phi) is 28.8. The summed E-state index contributed by atoms with van der Waals surface area (Å²) in [5.41, 5.74) is 0.0648. The molecule has 0 fully saturated rings. The van der Waals surface area contributed by atoms with Crippen LogP contribution in [-0.2, 0) is 9.59 Å². The van der Waals surface area contributed by atoms with Crippen molar-refractivity contribution in [3.05, 3.63) is 24.3 Å². The first kappa shape index (κ1) is 30.9. The zero-order valence-corrected chi connectivity index (χ0v) is 19.0. The van der Waals surface area contributed by atoms with E-state index in [-0.39, 0.29) is 35.0 Å². The fourth-order valence-corrected chi connectivity index (χ4v) is 2.34. The molecular formula is C22H38MgO4. The smallest absolute Gasteiger partial charge is 0.550 e. The van der Waals surface area contributed by atoms with Crippen molar-refractivity contribution in [3.8, 4) is 0 Å². The Morgan fingerprint density at radius 1 is 0.778 bits per heavy atom. The number of carboxylic acids is 2. The van der Waals surface area contributed by atoms with Gasteiger partial charge in [0, 0.05) is 5.97 Å². The van der Waals surface area contributed by atoms with Crippen molar-refractivity contribution in [2.45, 2.75) is 104 Å². The number of carbonyl (C=O) groups excluding carboxylic acids is 2. The largest absolute Gasteiger partial charge is 2.00 e. The molecule has 0 saturated heterocycles. The summed E-state index contributed by atoms with van der Waals surface area (Å²) in [5.74, 6) is -2.10. The molecule has 0 unspecified atom stereocenters. The first-order valence-corrected chi connectivity index (χ1v) is 10.1. The third-order valence-electron chi connectivity index (χ3n) is 3.99. The fraction of sp³-hybridized carbons (Fsp3) is 0.727. The van der Waals surface area contributed by atoms with Crippen LogP contribution in [0.15, 0.2) is 24.3 Å². The van der Waals surface area contributed by atoms with E-state index in [4.69, 9.17) is 0 Å². The van der Waals surface area contributed by atoms with E-state index in [2.05, 4.69) is 25.7 Å². The van der Waals surface area contributed by atoms with Gasteiger partial charge >= 0.3 is 23.1 Å². The maximum Gasteiger partial charge on any atom is 2.00 e. The van der Waals surface area contributed by atoms with Crippen molar-refractivity contribution < 1.29 is 19.8 Å². The van der Waals surface area contributed by atoms with Crippen molar-refractivity contribution in [1.29, 1.82) is 0 Å². The molecule has 0 aliphatic rings. The first-order valence-electron chi connectivity index (χ1n) is 10.1. The fourth-order valence-electron chi connectivity index (χ4n) is 2.34. The number of hydrogen-bond donors (Lipinski definition) is 0. The minimum absolute atomic E-state index is 0. The molecule has 0 N–H and O–H groups in total. The quantitative estimate of drug-likeness (QED) is 0.174. The topological polar surface area (TPSA) is 80.3 Å². The Balaban J connectivity index is -0.000000709. The predicted molar refractivity (Wildman–Crippen MR) is 110 cm³/mol. The van der Waals surface area contributed by atoms with Crippen molar-refractivity contribution in [2.24, 2.45) is 0 Å². The summed E-state index contributed by atoms with van der Waals surface area (Å²) in [4.78, 5) is 19.7. The second-order valence-electron chi connectivity index (χ2n) is 6.77. The SMILES string of the molecule is C=C(C)C(=O)[O-].CCCCCCCC/C=C\CCCCCCCC(=O)[O-].[Mg+2]. The molecule has 0 bridgehead atoms. The van der Waals surface area contributed by atoms with Crippen LogP contribution in [0.25, 0.3) is 0 Å². The molecule has 0 atom stereocenters. The van der Waals surface area contributed by atoms with E-state index in [0.717, 1.165) is 19.3 Å². The average Bonchev–Trinajstić information content (AvgIpc) is 2.58. The van der Waals surface area contributed by atoms with E-state index in [9.17, 15) is 19.8 Å². The van der Waals surface area contributed by atoms with Crippen LogP contribution >= 0.6 is 0 Å². The van der Waals surface area contributed by atoms with Gasteiger partial charge in [0.2, 0.25) is 0 Å². The third-order valence-corrected chi connectivity index (χ3v) is 3.99. The summed E-state index contributed by atoms with van der Waals surface area (Å²) in [7, 11) is 0. The molecule has 0 aromatic rings. The number of rotatable bonds is 16. The summed E-state index contributed by atoms with van der Waals surface area (Å²) in [6.07, 6.45) is 20.9. The van der Waals surface area contributed by atoms with Gasteiger partial charge in [-0.05, 0) is 51.0 Å². The van der Waals surface area contributed by atoms with Gasteiger partial charge in [-0.15, -0.1) is 0 Å². The van der Waals surface area contributed by atoms with Gasteiger partial charge in [0.25, 0.3) is 0 Å². The number of carbonyl (C=O) groups is 2. The van der Waals surface area contributed by atoms with E-state index in [0.29, 0.717) is 0 Å². The monoisotopic (exact) mass is 390 g/mol. The first-order chi connectivity index (χ1) is 12.4. The molecule has 5 heteroatoms. The van der Waals surface area contributed by atoms with Gasteiger partial charge in [-0.25, -0.2) is 0 Å². The molecule has 0 radical (unpaired) electrons. The van der Waals surface area contributed by atoms with Gasteiger partial charge in [-0.2, -0.15) is 0 Å². The average molecular weight is 391 g/mol. The van der Waals surface area contributed by atoms with Crippen LogP contribution in [-0.4, -0.2) is 35.0 Å². The summed E-state index contributed by atoms with van der Waals surface area (Å²) in [6, 6.07) is 0. The Bertz CT molecular complexity index is 380. The molecule has 0 amide bonds. The number of unbranched alkanes of at least 4 members (excludes halogenated alkanes) is 11. The van der Waals surface area contributed by atoms with Gasteiger partial charge in [0.05, 0.1) is 5.97 Å². The zero-order valence-electron chi connectivity index (χ0n) is 17.6. The number of allylic oxidation sites excluding steroid dienone is 2. The molecule has 0 heterocycles. The van der Waals surface area contributed by atoms with Crippen LogP contribution in [0, 0.1) is 0 Å². The molecule has 27 heavy (non-hydrogen) atoms. The molecule has 4 nitrogen and oxygen atoms in total. The zero-order chi connectivity index (χ0) is 20.0. The van der Waals surface area contributed by atoms with Crippen LogP contribution in [0.2, 0.25) is 0 Å². The molecule has 152 valence electrons. The van der Waals surface area contributed by atoms with Crippen LogP contribution < -0.4 is 10.2 Å². The van der Waals surface area contributed by atoms with Crippen LogP contribution in [0.3, 0.4) is 0 Å². The van der Waals surface area contributed by atoms with Crippen LogP contribution in [0.5, 0.6) is 0 Å². The Labute approximate surface area is 182 Å². The summed E-state index contributed by atoms with van der Waals surface area (Å²) >= 11 is 0. The maximum atomic E-state index is 10.2. The molecule has 0 aliphatic heterocycles. The summed E-state index contributed by atoms with van der Waals surface area (Å²) in [6.45, 7) is 6.73. The Morgan fingerprint density at radius 3 is 1.52 bits per heavy atom. The summed E-state index contributed by atoms with van der Waals surface area (Å²) < 4.78 is 0. The Morgan fingerprint density at radius 2 is 1.15 bits per heavy atom. The maximum absolute atomic E-state index is 10.2. The predicted octanol–water partition coefficient (Wildman–Crippen LogP) is 3.71. The molecule has 0 aliphatic carbocycles. The van der Waals surface area contributed by atoms with Gasteiger partial charge in [-0.1, -0.05) is 77.0 Å². The molecular weight excluding hydrogens is 353 g/mol. The minimum Gasteiger partial charge on any atom is -0.550 e. The van der Waals surface area contributed by atoms with E-state index >= 15 is 0 Å². The van der Waals surface area contributed by atoms with Crippen LogP contribution in [0.4, 0.5) is 0 Å². The van der Waals surface area contributed by atoms with Gasteiger partial charge < -0.3 is 19.8 Å². The standard InChI is InChI=1S/C18H34O2.C4H6O2.Mg/c1-2-3-4-5-6-7-8-9-10-11-12-13-14-15-16-17-18(19)20;1-3(2)4(5)6;/h9-10H,2-8,11-17H2,1H3,(H,19,20);1H2,2H3,(H,5,6);/q;;+2/p-2/b10-9-;;. The minimum atomic E-state index is -1.19. The molecule has 0 saturated carbocycles. The van der Waals surface area contributed by atoms with E-state index in [1.807, 2.05) is 0 Å².